The Balaban J connectivity index is 0.810. The average molecular weight is 1040 g/mol. The van der Waals surface area contributed by atoms with Crippen LogP contribution in [-0.2, 0) is 4.79 Å². The maximum absolute atomic E-state index is 16.2. The third-order valence-electron chi connectivity index (χ3n) is 16.1. The number of Topliss-reactive ketones (excluding diaryl/α,β-unsaturated/α-hetero) is 1. The number of rotatable bonds is 16. The molecular formula is C57H64Cl2N12O3. The SMILES string of the molecule is O=C(C(CN1CCN(c2cc[nH]c3cnc4nccc4c23)CC1)N1CCCC(COc2ccc(Cl)cc2)C1)C(CN1CCN(c2cc[nH]c3cnc4nccc4c23)CC1)N1CCCC(COc2ccc(Cl)cc2)C1. The number of carbonyl (C=O) groups is 1. The molecule has 2 aromatic carbocycles. The van der Waals surface area contributed by atoms with Crippen LogP contribution in [0.5, 0.6) is 11.5 Å². The molecule has 4 atom stereocenters. The smallest absolute Gasteiger partial charge is 0.169 e. The second-order valence-electron chi connectivity index (χ2n) is 20.7. The fraction of sp³-hybridized carbons (Fsp3) is 0.421. The van der Waals surface area contributed by atoms with Crippen molar-refractivity contribution in [3.8, 4) is 11.5 Å². The molecule has 4 aliphatic heterocycles. The number of hydrogen-bond donors (Lipinski definition) is 2. The van der Waals surface area contributed by atoms with Gasteiger partial charge in [0.1, 0.15) is 11.5 Å². The second kappa shape index (κ2) is 22.0. The largest absolute Gasteiger partial charge is 0.493 e. The number of piperidine rings is 2. The maximum atomic E-state index is 16.2. The lowest BCUT2D eigenvalue weighted by atomic mass is 9.91. The van der Waals surface area contributed by atoms with Gasteiger partial charge in [0, 0.05) is 158 Å². The van der Waals surface area contributed by atoms with E-state index in [1.165, 1.54) is 11.4 Å². The Morgan fingerprint density at radius 1 is 0.554 bits per heavy atom. The van der Waals surface area contributed by atoms with E-state index in [1.807, 2.05) is 85.7 Å². The molecule has 6 aromatic heterocycles. The van der Waals surface area contributed by atoms with E-state index in [-0.39, 0.29) is 23.9 Å². The molecule has 17 heteroatoms. The fourth-order valence-corrected chi connectivity index (χ4v) is 12.4. The third kappa shape index (κ3) is 10.6. The van der Waals surface area contributed by atoms with Crippen molar-refractivity contribution in [3.63, 3.8) is 0 Å². The van der Waals surface area contributed by atoms with Crippen molar-refractivity contribution in [2.45, 2.75) is 37.8 Å². The van der Waals surface area contributed by atoms with E-state index in [4.69, 9.17) is 32.7 Å². The summed E-state index contributed by atoms with van der Waals surface area (Å²) in [6.45, 7) is 12.7. The minimum absolute atomic E-state index is 0.286. The Hall–Kier alpha value is -6.07. The van der Waals surface area contributed by atoms with Gasteiger partial charge in [-0.2, -0.15) is 0 Å². The van der Waals surface area contributed by atoms with Crippen molar-refractivity contribution in [2.75, 3.05) is 115 Å². The summed E-state index contributed by atoms with van der Waals surface area (Å²) in [4.78, 5) is 56.4. The van der Waals surface area contributed by atoms with Crippen molar-refractivity contribution in [2.24, 2.45) is 11.8 Å². The quantitative estimate of drug-likeness (QED) is 0.0956. The van der Waals surface area contributed by atoms with Gasteiger partial charge in [0.15, 0.2) is 17.1 Å². The summed E-state index contributed by atoms with van der Waals surface area (Å²) >= 11 is 12.5. The molecule has 74 heavy (non-hydrogen) atoms. The summed E-state index contributed by atoms with van der Waals surface area (Å²) in [5.74, 6) is 2.55. The molecule has 12 rings (SSSR count). The molecule has 4 unspecified atom stereocenters. The van der Waals surface area contributed by atoms with E-state index >= 15 is 4.79 Å². The number of likely N-dealkylation sites (tertiary alicyclic amines) is 2. The highest BCUT2D eigenvalue weighted by atomic mass is 35.5. The lowest BCUT2D eigenvalue weighted by Crippen LogP contribution is -2.62. The highest BCUT2D eigenvalue weighted by Gasteiger charge is 2.41. The Labute approximate surface area is 441 Å². The number of ether oxygens (including phenoxy) is 2. The zero-order valence-electron chi connectivity index (χ0n) is 41.8. The number of anilines is 2. The number of hydrogen-bond acceptors (Lipinski definition) is 13. The summed E-state index contributed by atoms with van der Waals surface area (Å²) in [6, 6.07) is 23.2. The maximum Gasteiger partial charge on any atom is 0.169 e. The lowest BCUT2D eigenvalue weighted by molar-refractivity contribution is -0.133. The van der Waals surface area contributed by atoms with Crippen molar-refractivity contribution < 1.29 is 14.3 Å². The lowest BCUT2D eigenvalue weighted by Gasteiger charge is -2.46. The number of carbonyl (C=O) groups excluding carboxylic acids is 1. The number of benzene rings is 2. The van der Waals surface area contributed by atoms with Crippen molar-refractivity contribution >= 4 is 84.2 Å². The van der Waals surface area contributed by atoms with E-state index < -0.39 is 0 Å². The first-order valence-electron chi connectivity index (χ1n) is 26.5. The normalized spacial score (nSPS) is 20.7. The van der Waals surface area contributed by atoms with E-state index in [0.29, 0.717) is 42.1 Å². The Morgan fingerprint density at radius 3 is 1.42 bits per heavy atom. The summed E-state index contributed by atoms with van der Waals surface area (Å²) in [5, 5.41) is 5.82. The van der Waals surface area contributed by atoms with Crippen LogP contribution in [0.3, 0.4) is 0 Å². The second-order valence-corrected chi connectivity index (χ2v) is 21.6. The van der Waals surface area contributed by atoms with Gasteiger partial charge in [-0.25, -0.2) is 19.9 Å². The molecule has 0 radical (unpaired) electrons. The number of nitrogens with zero attached hydrogens (tertiary/aromatic N) is 10. The Kier molecular flexibility index (Phi) is 14.5. The number of aromatic nitrogens is 6. The zero-order valence-corrected chi connectivity index (χ0v) is 43.3. The van der Waals surface area contributed by atoms with Crippen molar-refractivity contribution in [3.05, 3.63) is 120 Å². The van der Waals surface area contributed by atoms with Gasteiger partial charge in [-0.05, 0) is 112 Å². The molecule has 2 N–H and O–H groups in total. The summed E-state index contributed by atoms with van der Waals surface area (Å²) in [7, 11) is 0. The first kappa shape index (κ1) is 48.8. The van der Waals surface area contributed by atoms with Crippen molar-refractivity contribution in [1.29, 1.82) is 0 Å². The van der Waals surface area contributed by atoms with Crippen LogP contribution < -0.4 is 19.3 Å². The van der Waals surface area contributed by atoms with Gasteiger partial charge in [0.25, 0.3) is 0 Å². The van der Waals surface area contributed by atoms with Gasteiger partial charge in [-0.1, -0.05) is 23.2 Å². The van der Waals surface area contributed by atoms with Gasteiger partial charge in [0.2, 0.25) is 0 Å². The molecule has 0 amide bonds. The van der Waals surface area contributed by atoms with E-state index in [2.05, 4.69) is 83.6 Å². The zero-order chi connectivity index (χ0) is 50.0. The first-order chi connectivity index (χ1) is 36.4. The van der Waals surface area contributed by atoms with E-state index in [0.717, 1.165) is 160 Å². The van der Waals surface area contributed by atoms with Crippen LogP contribution in [0.4, 0.5) is 11.4 Å². The highest BCUT2D eigenvalue weighted by molar-refractivity contribution is 6.30. The molecule has 0 bridgehead atoms. The number of pyridine rings is 4. The van der Waals surface area contributed by atoms with Gasteiger partial charge in [-0.3, -0.25) is 24.4 Å². The number of halogens is 2. The third-order valence-corrected chi connectivity index (χ3v) is 16.6. The summed E-state index contributed by atoms with van der Waals surface area (Å²) < 4.78 is 12.8. The molecule has 15 nitrogen and oxygen atoms in total. The number of H-pyrrole nitrogens is 2. The standard InChI is InChI=1S/C57H64Cl2N12O3/c58-41-5-9-43(10-6-41)73-37-39-3-1-21-70(33-39)51(35-66-23-27-68(28-24-66)49-15-19-60-47-31-64-56-45(53(47)49)13-17-62-56)55(72)52(71-22-2-4-40(34-71)38-74-44-11-7-42(59)8-12-44)36-67-25-29-69(30-26-67)50-16-20-61-48-32-65-57-46(54(48)50)14-18-63-57/h5-20,31-32,39-40,51-52,60-61H,1-4,21-30,33-38H2. The van der Waals surface area contributed by atoms with E-state index in [1.54, 1.807) is 0 Å². The van der Waals surface area contributed by atoms with Gasteiger partial charge in [0.05, 0.1) is 48.7 Å². The Bertz CT molecular complexity index is 2980. The summed E-state index contributed by atoms with van der Waals surface area (Å²) in [5.41, 5.74) is 5.92. The molecule has 10 heterocycles. The van der Waals surface area contributed by atoms with Gasteiger partial charge >= 0.3 is 0 Å². The molecule has 4 aliphatic rings. The van der Waals surface area contributed by atoms with Crippen LogP contribution in [-0.4, -0.2) is 172 Å². The molecule has 8 aromatic rings. The van der Waals surface area contributed by atoms with E-state index in [9.17, 15) is 0 Å². The molecule has 4 saturated heterocycles. The molecule has 0 saturated carbocycles. The van der Waals surface area contributed by atoms with Crippen LogP contribution >= 0.6 is 23.2 Å². The number of fused-ring (bicyclic) bond motifs is 6. The number of ketones is 1. The minimum Gasteiger partial charge on any atom is -0.493 e. The summed E-state index contributed by atoms with van der Waals surface area (Å²) in [6.07, 6.45) is 15.6. The van der Waals surface area contributed by atoms with Crippen LogP contribution in [0.1, 0.15) is 25.7 Å². The molecule has 0 spiro atoms. The first-order valence-corrected chi connectivity index (χ1v) is 27.3. The monoisotopic (exact) mass is 1030 g/mol. The van der Waals surface area contributed by atoms with Crippen LogP contribution in [0, 0.1) is 11.8 Å². The average Bonchev–Trinajstić information content (AvgIpc) is 4.15. The molecule has 384 valence electrons. The predicted molar refractivity (Wildman–Crippen MR) is 295 cm³/mol. The molecule has 4 fully saturated rings. The minimum atomic E-state index is -0.286. The van der Waals surface area contributed by atoms with Crippen molar-refractivity contribution in [1.82, 2.24) is 49.5 Å². The molecular weight excluding hydrogens is 972 g/mol. The van der Waals surface area contributed by atoms with Gasteiger partial charge < -0.3 is 29.2 Å². The van der Waals surface area contributed by atoms with Crippen LogP contribution in [0.2, 0.25) is 10.0 Å². The number of aromatic amines is 2. The Morgan fingerprint density at radius 2 is 0.986 bits per heavy atom. The highest BCUT2D eigenvalue weighted by Crippen LogP contribution is 2.35. The fourth-order valence-electron chi connectivity index (χ4n) is 12.2. The van der Waals surface area contributed by atoms with Gasteiger partial charge in [-0.15, -0.1) is 0 Å². The van der Waals surface area contributed by atoms with Crippen LogP contribution in [0.15, 0.2) is 110 Å². The number of piperazine rings is 2. The number of nitrogens with one attached hydrogen (secondary N) is 2. The predicted octanol–water partition coefficient (Wildman–Crippen LogP) is 8.67. The topological polar surface area (TPSA) is 138 Å². The molecule has 0 aliphatic carbocycles. The van der Waals surface area contributed by atoms with Crippen LogP contribution in [0.25, 0.3) is 43.9 Å².